The summed E-state index contributed by atoms with van der Waals surface area (Å²) >= 11 is 5.86. The predicted molar refractivity (Wildman–Crippen MR) is 137 cm³/mol. The number of aryl methyl sites for hydroxylation is 1. The van der Waals surface area contributed by atoms with Crippen molar-refractivity contribution < 1.29 is 9.47 Å². The molecule has 2 unspecified atom stereocenters. The van der Waals surface area contributed by atoms with E-state index in [1.165, 1.54) is 5.56 Å². The fraction of sp³-hybridized carbons (Fsp3) is 0.222. The second-order valence-corrected chi connectivity index (χ2v) is 9.20. The molecule has 2 aliphatic rings. The van der Waals surface area contributed by atoms with Gasteiger partial charge >= 0.3 is 0 Å². The van der Waals surface area contributed by atoms with Crippen molar-refractivity contribution >= 4 is 17.3 Å². The quantitative estimate of drug-likeness (QED) is 0.410. The first-order valence-corrected chi connectivity index (χ1v) is 12.0. The van der Waals surface area contributed by atoms with Crippen molar-refractivity contribution in [3.8, 4) is 17.2 Å². The van der Waals surface area contributed by atoms with Crippen molar-refractivity contribution in [2.24, 2.45) is 0 Å². The zero-order chi connectivity index (χ0) is 23.9. The summed E-state index contributed by atoms with van der Waals surface area (Å²) in [5.41, 5.74) is 6.65. The van der Waals surface area contributed by atoms with Crippen LogP contribution in [0, 0.1) is 13.8 Å². The average Bonchev–Trinajstić information content (AvgIpc) is 3.56. The minimum Gasteiger partial charge on any atom is -0.454 e. The number of nitrogens with zero attached hydrogens (tertiary/aromatic N) is 4. The SMILES string of the molecule is Cc1cc(C2C(c3ccccn3)NC(=S)N2Cc2ccncc2)c(C)n1-c1ccc2c(c1)OCO2. The summed E-state index contributed by atoms with van der Waals surface area (Å²) in [6, 6.07) is 18.3. The number of ether oxygens (including phenoxy) is 2. The fourth-order valence-electron chi connectivity index (χ4n) is 5.11. The maximum absolute atomic E-state index is 5.86. The highest BCUT2D eigenvalue weighted by Crippen LogP contribution is 2.43. The number of hydrogen-bond donors (Lipinski definition) is 1. The van der Waals surface area contributed by atoms with Crippen molar-refractivity contribution in [2.75, 3.05) is 6.79 Å². The minimum atomic E-state index is -0.0729. The molecule has 0 saturated carbocycles. The van der Waals surface area contributed by atoms with E-state index in [0.29, 0.717) is 6.54 Å². The predicted octanol–water partition coefficient (Wildman–Crippen LogP) is 4.79. The summed E-state index contributed by atoms with van der Waals surface area (Å²) in [4.78, 5) is 11.1. The van der Waals surface area contributed by atoms with Gasteiger partial charge in [-0.25, -0.2) is 0 Å². The molecule has 0 bridgehead atoms. The summed E-state index contributed by atoms with van der Waals surface area (Å²) in [7, 11) is 0. The number of benzene rings is 1. The molecular weight excluding hydrogens is 458 g/mol. The van der Waals surface area contributed by atoms with E-state index in [2.05, 4.69) is 56.8 Å². The molecule has 0 radical (unpaired) electrons. The van der Waals surface area contributed by atoms with E-state index in [1.54, 1.807) is 0 Å². The Kier molecular flexibility index (Phi) is 5.37. The summed E-state index contributed by atoms with van der Waals surface area (Å²) in [6.45, 7) is 5.23. The molecule has 35 heavy (non-hydrogen) atoms. The van der Waals surface area contributed by atoms with Crippen molar-refractivity contribution in [1.29, 1.82) is 0 Å². The lowest BCUT2D eigenvalue weighted by Crippen LogP contribution is -2.29. The van der Waals surface area contributed by atoms with Crippen LogP contribution in [-0.2, 0) is 6.54 Å². The first-order chi connectivity index (χ1) is 17.1. The highest BCUT2D eigenvalue weighted by molar-refractivity contribution is 7.80. The van der Waals surface area contributed by atoms with E-state index < -0.39 is 0 Å². The summed E-state index contributed by atoms with van der Waals surface area (Å²) in [5.74, 6) is 1.55. The van der Waals surface area contributed by atoms with Gasteiger partial charge in [-0.05, 0) is 79.7 Å². The molecule has 1 saturated heterocycles. The van der Waals surface area contributed by atoms with Crippen LogP contribution in [0.15, 0.2) is 73.2 Å². The molecule has 7 nitrogen and oxygen atoms in total. The van der Waals surface area contributed by atoms with Crippen molar-refractivity contribution in [3.63, 3.8) is 0 Å². The number of aromatic nitrogens is 3. The van der Waals surface area contributed by atoms with Crippen molar-refractivity contribution in [1.82, 2.24) is 24.8 Å². The molecular formula is C27H25N5O2S. The van der Waals surface area contributed by atoms with Crippen molar-refractivity contribution in [3.05, 3.63) is 101 Å². The number of nitrogens with one attached hydrogen (secondary N) is 1. The highest BCUT2D eigenvalue weighted by Gasteiger charge is 2.41. The molecule has 8 heteroatoms. The Morgan fingerprint density at radius 1 is 1.00 bits per heavy atom. The molecule has 5 heterocycles. The molecule has 1 N–H and O–H groups in total. The van der Waals surface area contributed by atoms with Crippen LogP contribution in [0.5, 0.6) is 11.5 Å². The lowest BCUT2D eigenvalue weighted by Gasteiger charge is -2.28. The number of pyridine rings is 2. The zero-order valence-electron chi connectivity index (χ0n) is 19.5. The van der Waals surface area contributed by atoms with Gasteiger partial charge < -0.3 is 24.3 Å². The van der Waals surface area contributed by atoms with Gasteiger partial charge in [-0.3, -0.25) is 9.97 Å². The van der Waals surface area contributed by atoms with Crippen LogP contribution in [0.2, 0.25) is 0 Å². The number of thiocarbonyl (C=S) groups is 1. The van der Waals surface area contributed by atoms with Gasteiger partial charge in [0.05, 0.1) is 17.8 Å². The third-order valence-corrected chi connectivity index (χ3v) is 7.06. The van der Waals surface area contributed by atoms with E-state index in [1.807, 2.05) is 55.0 Å². The molecule has 0 aliphatic carbocycles. The Bertz CT molecular complexity index is 1390. The lowest BCUT2D eigenvalue weighted by molar-refractivity contribution is 0.174. The summed E-state index contributed by atoms with van der Waals surface area (Å²) < 4.78 is 13.4. The Morgan fingerprint density at radius 3 is 2.63 bits per heavy atom. The molecule has 2 atom stereocenters. The van der Waals surface area contributed by atoms with Crippen LogP contribution in [0.25, 0.3) is 5.69 Å². The van der Waals surface area contributed by atoms with E-state index in [0.717, 1.165) is 44.9 Å². The standard InChI is InChI=1S/C27H25N5O2S/c1-17-13-21(18(2)32(17)20-6-7-23-24(14-20)34-16-33-23)26-25(22-5-3-4-10-29-22)30-27(35)31(26)15-19-8-11-28-12-9-19/h3-14,25-26H,15-16H2,1-2H3,(H,30,35). The van der Waals surface area contributed by atoms with Crippen LogP contribution >= 0.6 is 12.2 Å². The Morgan fingerprint density at radius 2 is 1.83 bits per heavy atom. The maximum atomic E-state index is 5.86. The fourth-order valence-corrected chi connectivity index (χ4v) is 5.41. The average molecular weight is 484 g/mol. The van der Waals surface area contributed by atoms with Crippen LogP contribution in [0.3, 0.4) is 0 Å². The van der Waals surface area contributed by atoms with Crippen LogP contribution in [-0.4, -0.2) is 31.3 Å². The number of fused-ring (bicyclic) bond motifs is 1. The third kappa shape index (κ3) is 3.80. The Hall–Kier alpha value is -3.91. The first-order valence-electron chi connectivity index (χ1n) is 11.6. The zero-order valence-corrected chi connectivity index (χ0v) is 20.3. The molecule has 1 fully saturated rings. The van der Waals surface area contributed by atoms with E-state index in [9.17, 15) is 0 Å². The maximum Gasteiger partial charge on any atom is 0.231 e. The third-order valence-electron chi connectivity index (χ3n) is 6.70. The van der Waals surface area contributed by atoms with Crippen LogP contribution < -0.4 is 14.8 Å². The van der Waals surface area contributed by atoms with Gasteiger partial charge in [-0.1, -0.05) is 6.07 Å². The van der Waals surface area contributed by atoms with E-state index in [-0.39, 0.29) is 18.9 Å². The van der Waals surface area contributed by atoms with Gasteiger partial charge in [0.1, 0.15) is 0 Å². The molecule has 1 aromatic carbocycles. The second kappa shape index (κ2) is 8.70. The molecule has 3 aromatic heterocycles. The van der Waals surface area contributed by atoms with Gasteiger partial charge in [-0.15, -0.1) is 0 Å². The Labute approximate surface area is 209 Å². The summed E-state index contributed by atoms with van der Waals surface area (Å²) in [6.07, 6.45) is 5.47. The van der Waals surface area contributed by atoms with E-state index >= 15 is 0 Å². The van der Waals surface area contributed by atoms with Gasteiger partial charge in [0.2, 0.25) is 6.79 Å². The largest absolute Gasteiger partial charge is 0.454 e. The first kappa shape index (κ1) is 21.6. The molecule has 2 aliphatic heterocycles. The Balaban J connectivity index is 1.45. The van der Waals surface area contributed by atoms with Gasteiger partial charge in [0.25, 0.3) is 0 Å². The molecule has 0 spiro atoms. The summed E-state index contributed by atoms with van der Waals surface area (Å²) in [5, 5.41) is 4.27. The smallest absolute Gasteiger partial charge is 0.231 e. The van der Waals surface area contributed by atoms with Crippen LogP contribution in [0.1, 0.15) is 40.3 Å². The van der Waals surface area contributed by atoms with Gasteiger partial charge in [0.15, 0.2) is 16.6 Å². The second-order valence-electron chi connectivity index (χ2n) is 8.81. The monoisotopic (exact) mass is 483 g/mol. The van der Waals surface area contributed by atoms with Gasteiger partial charge in [0, 0.05) is 48.3 Å². The normalized spacial score (nSPS) is 18.7. The minimum absolute atomic E-state index is 0.0282. The van der Waals surface area contributed by atoms with Crippen LogP contribution in [0.4, 0.5) is 0 Å². The van der Waals surface area contributed by atoms with E-state index in [4.69, 9.17) is 21.7 Å². The van der Waals surface area contributed by atoms with Crippen molar-refractivity contribution in [2.45, 2.75) is 32.5 Å². The molecule has 6 rings (SSSR count). The highest BCUT2D eigenvalue weighted by atomic mass is 32.1. The topological polar surface area (TPSA) is 64.4 Å². The number of hydrogen-bond acceptors (Lipinski definition) is 5. The lowest BCUT2D eigenvalue weighted by atomic mass is 9.96. The molecule has 0 amide bonds. The van der Waals surface area contributed by atoms with Gasteiger partial charge in [-0.2, -0.15) is 0 Å². The number of rotatable bonds is 5. The molecule has 176 valence electrons. The molecule has 4 aromatic rings.